The highest BCUT2D eigenvalue weighted by Crippen LogP contribution is 2.24. The Kier molecular flexibility index (Phi) is 2.22. The van der Waals surface area contributed by atoms with Crippen LogP contribution in [-0.2, 0) is 0 Å². The summed E-state index contributed by atoms with van der Waals surface area (Å²) < 4.78 is 18.3. The van der Waals surface area contributed by atoms with Crippen LogP contribution in [-0.4, -0.2) is 17.2 Å². The average molecular weight is 214 g/mol. The largest absolute Gasteiger partial charge is 0.526 e. The van der Waals surface area contributed by atoms with Crippen LogP contribution in [0.1, 0.15) is 0 Å². The summed E-state index contributed by atoms with van der Waals surface area (Å²) in [6.07, 6.45) is 0. The van der Waals surface area contributed by atoms with Gasteiger partial charge in [0.25, 0.3) is 0 Å². The molecule has 0 fully saturated rings. The van der Waals surface area contributed by atoms with Gasteiger partial charge in [-0.25, -0.2) is 4.39 Å². The summed E-state index contributed by atoms with van der Waals surface area (Å²) in [6, 6.07) is 4.02. The van der Waals surface area contributed by atoms with Gasteiger partial charge in [-0.05, 0) is 18.2 Å². The fraction of sp³-hybridized carbons (Fsp3) is 0. The molecule has 0 aliphatic rings. The molecule has 2 N–H and O–H groups in total. The second-order valence-corrected chi connectivity index (χ2v) is 3.20. The van der Waals surface area contributed by atoms with Gasteiger partial charge in [-0.3, -0.25) is 0 Å². The Morgan fingerprint density at radius 1 is 1.36 bits per heavy atom. The van der Waals surface area contributed by atoms with Gasteiger partial charge in [0, 0.05) is 0 Å². The molecule has 2 rings (SSSR count). The minimum absolute atomic E-state index is 0.0303. The molecule has 2 aromatic rings. The van der Waals surface area contributed by atoms with E-state index in [-0.39, 0.29) is 21.7 Å². The maximum atomic E-state index is 13.3. The molecule has 0 radical (unpaired) electrons. The molecular formula is C8H5BClFO3. The van der Waals surface area contributed by atoms with E-state index in [1.165, 1.54) is 18.2 Å². The molecular weight excluding hydrogens is 209 g/mol. The normalized spacial score (nSPS) is 10.9. The number of fused-ring (bicyclic) bond motifs is 1. The predicted molar refractivity (Wildman–Crippen MR) is 51.0 cm³/mol. The molecule has 1 aromatic carbocycles. The summed E-state index contributed by atoms with van der Waals surface area (Å²) >= 11 is 5.53. The summed E-state index contributed by atoms with van der Waals surface area (Å²) in [5.41, 5.74) is 0.121. The molecule has 1 heterocycles. The highest BCUT2D eigenvalue weighted by atomic mass is 35.5. The smallest absolute Gasteiger partial charge is 0.465 e. The monoisotopic (exact) mass is 214 g/mol. The van der Waals surface area contributed by atoms with Crippen LogP contribution in [0.4, 0.5) is 4.39 Å². The Balaban J connectivity index is 2.71. The van der Waals surface area contributed by atoms with Crippen LogP contribution in [0.5, 0.6) is 0 Å². The number of benzene rings is 1. The van der Waals surface area contributed by atoms with Gasteiger partial charge in [-0.2, -0.15) is 0 Å². The molecule has 0 saturated carbocycles. The lowest BCUT2D eigenvalue weighted by Crippen LogP contribution is -2.27. The van der Waals surface area contributed by atoms with Crippen molar-refractivity contribution in [3.63, 3.8) is 0 Å². The lowest BCUT2D eigenvalue weighted by molar-refractivity contribution is 0.412. The number of halogens is 2. The van der Waals surface area contributed by atoms with E-state index in [2.05, 4.69) is 0 Å². The minimum atomic E-state index is -1.75. The van der Waals surface area contributed by atoms with E-state index in [1.54, 1.807) is 0 Å². The van der Waals surface area contributed by atoms with Gasteiger partial charge in [0.05, 0.1) is 10.4 Å². The first kappa shape index (κ1) is 9.52. The summed E-state index contributed by atoms with van der Waals surface area (Å²) in [5.74, 6) is -0.625. The lowest BCUT2D eigenvalue weighted by Gasteiger charge is -1.92. The maximum Gasteiger partial charge on any atom is 0.526 e. The van der Waals surface area contributed by atoms with Crippen molar-refractivity contribution in [1.82, 2.24) is 0 Å². The Morgan fingerprint density at radius 3 is 2.71 bits per heavy atom. The van der Waals surface area contributed by atoms with Gasteiger partial charge >= 0.3 is 7.12 Å². The van der Waals surface area contributed by atoms with Gasteiger partial charge in [0.2, 0.25) is 0 Å². The van der Waals surface area contributed by atoms with E-state index in [0.717, 1.165) is 0 Å². The molecule has 0 spiro atoms. The van der Waals surface area contributed by atoms with Crippen molar-refractivity contribution in [3.05, 3.63) is 29.0 Å². The van der Waals surface area contributed by atoms with Gasteiger partial charge in [-0.15, -0.1) is 0 Å². The van der Waals surface area contributed by atoms with Gasteiger partial charge < -0.3 is 14.5 Å². The van der Waals surface area contributed by atoms with E-state index in [4.69, 9.17) is 26.1 Å². The molecule has 0 saturated heterocycles. The fourth-order valence-corrected chi connectivity index (χ4v) is 1.36. The van der Waals surface area contributed by atoms with Crippen molar-refractivity contribution in [3.8, 4) is 0 Å². The molecule has 0 amide bonds. The zero-order chi connectivity index (χ0) is 10.3. The van der Waals surface area contributed by atoms with E-state index >= 15 is 0 Å². The minimum Gasteiger partial charge on any atom is -0.465 e. The molecule has 3 nitrogen and oxygen atoms in total. The lowest BCUT2D eigenvalue weighted by atomic mass is 9.88. The third-order valence-corrected chi connectivity index (χ3v) is 2.15. The van der Waals surface area contributed by atoms with E-state index in [0.29, 0.717) is 0 Å². The number of hydrogen-bond acceptors (Lipinski definition) is 3. The summed E-state index contributed by atoms with van der Waals surface area (Å²) in [4.78, 5) is 0. The highest BCUT2D eigenvalue weighted by molar-refractivity contribution is 6.57. The average Bonchev–Trinajstić information content (AvgIpc) is 2.56. The van der Waals surface area contributed by atoms with Crippen molar-refractivity contribution in [1.29, 1.82) is 0 Å². The molecule has 0 unspecified atom stereocenters. The third kappa shape index (κ3) is 1.39. The van der Waals surface area contributed by atoms with Crippen LogP contribution >= 0.6 is 11.6 Å². The van der Waals surface area contributed by atoms with E-state index in [9.17, 15) is 4.39 Å². The van der Waals surface area contributed by atoms with Gasteiger partial charge in [-0.1, -0.05) is 11.6 Å². The van der Waals surface area contributed by atoms with E-state index < -0.39 is 12.9 Å². The van der Waals surface area contributed by atoms with Crippen molar-refractivity contribution in [2.75, 3.05) is 0 Å². The van der Waals surface area contributed by atoms with Gasteiger partial charge in [0.15, 0.2) is 5.82 Å². The first-order chi connectivity index (χ1) is 6.59. The fourth-order valence-electron chi connectivity index (χ4n) is 1.20. The second-order valence-electron chi connectivity index (χ2n) is 2.80. The molecule has 6 heteroatoms. The Labute approximate surface area is 83.9 Å². The Morgan fingerprint density at radius 2 is 2.07 bits per heavy atom. The van der Waals surface area contributed by atoms with Crippen LogP contribution in [0, 0.1) is 5.82 Å². The van der Waals surface area contributed by atoms with Crippen LogP contribution in [0.2, 0.25) is 5.02 Å². The van der Waals surface area contributed by atoms with Crippen molar-refractivity contribution in [2.24, 2.45) is 0 Å². The standard InChI is InChI=1S/C8H5BClFO3/c10-5-1-2-6-4(8(5)11)3-7(14-6)9(12)13/h1-3,12-13H. The zero-order valence-corrected chi connectivity index (χ0v) is 7.62. The second kappa shape index (κ2) is 3.27. The molecule has 0 atom stereocenters. The highest BCUT2D eigenvalue weighted by Gasteiger charge is 2.19. The third-order valence-electron chi connectivity index (χ3n) is 1.86. The first-order valence-corrected chi connectivity index (χ1v) is 4.21. The number of furan rings is 1. The van der Waals surface area contributed by atoms with Crippen molar-refractivity contribution >= 4 is 35.3 Å². The predicted octanol–water partition coefficient (Wildman–Crippen LogP) is 0.905. The SMILES string of the molecule is OB(O)c1cc2c(F)c(Cl)ccc2o1. The molecule has 14 heavy (non-hydrogen) atoms. The summed E-state index contributed by atoms with van der Waals surface area (Å²) in [6.45, 7) is 0. The van der Waals surface area contributed by atoms with Crippen LogP contribution < -0.4 is 5.66 Å². The Bertz CT molecular complexity index is 483. The molecule has 0 aliphatic heterocycles. The zero-order valence-electron chi connectivity index (χ0n) is 6.87. The summed E-state index contributed by atoms with van der Waals surface area (Å²) in [5, 5.41) is 17.7. The summed E-state index contributed by atoms with van der Waals surface area (Å²) in [7, 11) is -1.75. The maximum absolute atomic E-state index is 13.3. The van der Waals surface area contributed by atoms with Crippen LogP contribution in [0.3, 0.4) is 0 Å². The molecule has 0 bridgehead atoms. The van der Waals surface area contributed by atoms with Crippen LogP contribution in [0.15, 0.2) is 22.6 Å². The number of hydrogen-bond donors (Lipinski definition) is 2. The van der Waals surface area contributed by atoms with Crippen molar-refractivity contribution < 1.29 is 18.9 Å². The molecule has 1 aromatic heterocycles. The van der Waals surface area contributed by atoms with Crippen LogP contribution in [0.25, 0.3) is 11.0 Å². The molecule has 0 aliphatic carbocycles. The van der Waals surface area contributed by atoms with Crippen molar-refractivity contribution in [2.45, 2.75) is 0 Å². The first-order valence-electron chi connectivity index (χ1n) is 3.83. The van der Waals surface area contributed by atoms with Gasteiger partial charge in [0.1, 0.15) is 11.2 Å². The quantitative estimate of drug-likeness (QED) is 0.694. The molecule has 72 valence electrons. The van der Waals surface area contributed by atoms with E-state index in [1.807, 2.05) is 0 Å². The Hall–Kier alpha value is -1.04. The topological polar surface area (TPSA) is 53.6 Å². The number of rotatable bonds is 1.